The number of alkyl carbamates (subject to hydrolysis) is 2. The SMILES string of the molecule is CC(=O)OC(CNC(=O)OCCOCCOCCOC(=O)NCCOCCOCCCCCCCl)C1CCCCCCCCC1. The van der Waals surface area contributed by atoms with Gasteiger partial charge in [-0.25, -0.2) is 9.59 Å². The summed E-state index contributed by atoms with van der Waals surface area (Å²) in [7, 11) is 0. The highest BCUT2D eigenvalue weighted by Crippen LogP contribution is 2.25. The zero-order valence-electron chi connectivity index (χ0n) is 27.5. The number of rotatable bonds is 25. The van der Waals surface area contributed by atoms with Gasteiger partial charge in [-0.05, 0) is 31.6 Å². The molecule has 0 bridgehead atoms. The number of alkyl halides is 1. The van der Waals surface area contributed by atoms with Gasteiger partial charge in [0.1, 0.15) is 19.3 Å². The lowest BCUT2D eigenvalue weighted by atomic mass is 9.88. The van der Waals surface area contributed by atoms with Crippen LogP contribution in [0, 0.1) is 5.92 Å². The summed E-state index contributed by atoms with van der Waals surface area (Å²) in [5.74, 6) is 0.611. The van der Waals surface area contributed by atoms with E-state index in [2.05, 4.69) is 10.6 Å². The first-order valence-electron chi connectivity index (χ1n) is 16.9. The quantitative estimate of drug-likeness (QED) is 0.0565. The minimum atomic E-state index is -0.567. The van der Waals surface area contributed by atoms with Crippen molar-refractivity contribution in [1.29, 1.82) is 0 Å². The molecular formula is C32H59ClN2O10. The molecule has 1 atom stereocenters. The lowest BCUT2D eigenvalue weighted by Gasteiger charge is -2.27. The van der Waals surface area contributed by atoms with Crippen molar-refractivity contribution in [3.05, 3.63) is 0 Å². The molecule has 0 saturated heterocycles. The first-order valence-corrected chi connectivity index (χ1v) is 17.4. The number of amides is 2. The van der Waals surface area contributed by atoms with Crippen LogP contribution < -0.4 is 10.6 Å². The Morgan fingerprint density at radius 2 is 1.11 bits per heavy atom. The van der Waals surface area contributed by atoms with Crippen LogP contribution >= 0.6 is 11.6 Å². The van der Waals surface area contributed by atoms with E-state index in [1.54, 1.807) is 0 Å². The summed E-state index contributed by atoms with van der Waals surface area (Å²) in [6.07, 6.45) is 13.3. The topological polar surface area (TPSA) is 140 Å². The largest absolute Gasteiger partial charge is 0.460 e. The summed E-state index contributed by atoms with van der Waals surface area (Å²) < 4.78 is 37.5. The predicted molar refractivity (Wildman–Crippen MR) is 172 cm³/mol. The highest BCUT2D eigenvalue weighted by molar-refractivity contribution is 6.17. The average Bonchev–Trinajstić information content (AvgIpc) is 3.03. The van der Waals surface area contributed by atoms with Crippen LogP contribution in [0.5, 0.6) is 0 Å². The van der Waals surface area contributed by atoms with Gasteiger partial charge in [-0.2, -0.15) is 0 Å². The summed E-state index contributed by atoms with van der Waals surface area (Å²) >= 11 is 5.64. The molecule has 2 N–H and O–H groups in total. The summed E-state index contributed by atoms with van der Waals surface area (Å²) in [6.45, 7) is 5.37. The summed E-state index contributed by atoms with van der Waals surface area (Å²) in [5.41, 5.74) is 0. The van der Waals surface area contributed by atoms with Crippen molar-refractivity contribution in [1.82, 2.24) is 10.6 Å². The Balaban J connectivity index is 1.95. The molecule has 1 unspecified atom stereocenters. The molecule has 0 aliphatic heterocycles. The van der Waals surface area contributed by atoms with Crippen LogP contribution in [0.25, 0.3) is 0 Å². The summed E-state index contributed by atoms with van der Waals surface area (Å²) in [4.78, 5) is 35.5. The lowest BCUT2D eigenvalue weighted by molar-refractivity contribution is -0.149. The van der Waals surface area contributed by atoms with Crippen LogP contribution in [0.2, 0.25) is 0 Å². The molecule has 0 aromatic carbocycles. The fourth-order valence-electron chi connectivity index (χ4n) is 4.92. The highest BCUT2D eigenvalue weighted by Gasteiger charge is 2.25. The molecular weight excluding hydrogens is 608 g/mol. The Bertz CT molecular complexity index is 724. The van der Waals surface area contributed by atoms with Crippen LogP contribution in [0.15, 0.2) is 0 Å². The van der Waals surface area contributed by atoms with Crippen molar-refractivity contribution in [2.75, 3.05) is 85.0 Å². The molecule has 1 aliphatic rings. The summed E-state index contributed by atoms with van der Waals surface area (Å²) in [5, 5.41) is 5.35. The van der Waals surface area contributed by atoms with Crippen LogP contribution in [0.3, 0.4) is 0 Å². The number of esters is 1. The van der Waals surface area contributed by atoms with Gasteiger partial charge in [-0.15, -0.1) is 11.6 Å². The van der Waals surface area contributed by atoms with Gasteiger partial charge < -0.3 is 43.8 Å². The van der Waals surface area contributed by atoms with Crippen LogP contribution in [0.1, 0.15) is 90.4 Å². The van der Waals surface area contributed by atoms with E-state index < -0.39 is 12.2 Å². The third-order valence-corrected chi connectivity index (χ3v) is 7.56. The molecule has 0 heterocycles. The molecule has 0 spiro atoms. The van der Waals surface area contributed by atoms with Gasteiger partial charge in [0.25, 0.3) is 0 Å². The second-order valence-electron chi connectivity index (χ2n) is 11.1. The molecule has 12 nitrogen and oxygen atoms in total. The minimum Gasteiger partial charge on any atom is -0.460 e. The number of unbranched alkanes of at least 4 members (excludes halogenated alkanes) is 3. The van der Waals surface area contributed by atoms with E-state index in [1.165, 1.54) is 39.0 Å². The first-order chi connectivity index (χ1) is 22.0. The Kier molecular flexibility index (Phi) is 28.2. The van der Waals surface area contributed by atoms with Gasteiger partial charge in [0.15, 0.2) is 0 Å². The van der Waals surface area contributed by atoms with Crippen LogP contribution in [-0.4, -0.2) is 109 Å². The molecule has 1 saturated carbocycles. The molecule has 2 amide bonds. The van der Waals surface area contributed by atoms with Crippen molar-refractivity contribution < 1.29 is 47.5 Å². The maximum Gasteiger partial charge on any atom is 0.407 e. The van der Waals surface area contributed by atoms with Crippen molar-refractivity contribution in [3.8, 4) is 0 Å². The maximum atomic E-state index is 12.2. The van der Waals surface area contributed by atoms with Crippen molar-refractivity contribution >= 4 is 29.8 Å². The lowest BCUT2D eigenvalue weighted by Crippen LogP contribution is -2.39. The van der Waals surface area contributed by atoms with Gasteiger partial charge in [0, 0.05) is 26.0 Å². The number of halogens is 1. The molecule has 0 aromatic heterocycles. The second-order valence-corrected chi connectivity index (χ2v) is 11.5. The Morgan fingerprint density at radius 1 is 0.622 bits per heavy atom. The smallest absolute Gasteiger partial charge is 0.407 e. The van der Waals surface area contributed by atoms with Gasteiger partial charge in [0.05, 0.1) is 52.8 Å². The van der Waals surface area contributed by atoms with Gasteiger partial charge in [0.2, 0.25) is 0 Å². The first kappa shape index (κ1) is 41.2. The van der Waals surface area contributed by atoms with Crippen molar-refractivity contribution in [3.63, 3.8) is 0 Å². The number of nitrogens with one attached hydrogen (secondary N) is 2. The van der Waals surface area contributed by atoms with E-state index in [1.807, 2.05) is 0 Å². The van der Waals surface area contributed by atoms with Crippen molar-refractivity contribution in [2.24, 2.45) is 5.92 Å². The second kappa shape index (κ2) is 30.8. The highest BCUT2D eigenvalue weighted by atomic mass is 35.5. The van der Waals surface area contributed by atoms with Gasteiger partial charge >= 0.3 is 18.2 Å². The van der Waals surface area contributed by atoms with E-state index >= 15 is 0 Å². The third kappa shape index (κ3) is 27.0. The number of ether oxygens (including phenoxy) is 7. The molecule has 13 heteroatoms. The van der Waals surface area contributed by atoms with E-state index in [4.69, 9.17) is 44.8 Å². The Hall–Kier alpha value is -1.86. The van der Waals surface area contributed by atoms with E-state index in [-0.39, 0.29) is 51.0 Å². The molecule has 45 heavy (non-hydrogen) atoms. The average molecular weight is 667 g/mol. The van der Waals surface area contributed by atoms with Gasteiger partial charge in [-0.1, -0.05) is 57.8 Å². The number of hydrogen-bond donors (Lipinski definition) is 2. The van der Waals surface area contributed by atoms with Gasteiger partial charge in [-0.3, -0.25) is 4.79 Å². The number of hydrogen-bond acceptors (Lipinski definition) is 10. The summed E-state index contributed by atoms with van der Waals surface area (Å²) in [6, 6.07) is 0. The molecule has 264 valence electrons. The zero-order valence-corrected chi connectivity index (χ0v) is 28.3. The molecule has 0 aromatic rings. The number of carbonyl (C=O) groups excluding carboxylic acids is 3. The van der Waals surface area contributed by atoms with Crippen molar-refractivity contribution in [2.45, 2.75) is 96.5 Å². The normalized spacial score (nSPS) is 15.2. The Morgan fingerprint density at radius 3 is 1.69 bits per heavy atom. The maximum absolute atomic E-state index is 12.2. The Labute approximate surface area is 275 Å². The van der Waals surface area contributed by atoms with E-state index in [0.717, 1.165) is 58.0 Å². The van der Waals surface area contributed by atoms with E-state index in [9.17, 15) is 14.4 Å². The van der Waals surface area contributed by atoms with E-state index in [0.29, 0.717) is 45.5 Å². The monoisotopic (exact) mass is 666 g/mol. The molecule has 1 fully saturated rings. The fraction of sp³-hybridized carbons (Fsp3) is 0.906. The minimum absolute atomic E-state index is 0.0863. The predicted octanol–water partition coefficient (Wildman–Crippen LogP) is 5.38. The molecule has 1 aliphatic carbocycles. The number of carbonyl (C=O) groups is 3. The zero-order chi connectivity index (χ0) is 32.6. The molecule has 1 rings (SSSR count). The van der Waals surface area contributed by atoms with Crippen LogP contribution in [0.4, 0.5) is 9.59 Å². The standard InChI is InChI=1S/C32H59ClN2O10/c1-28(36)45-30(29-13-9-5-3-2-4-6-10-14-29)27-35-32(38)44-26-24-42-22-21-41-23-25-43-31(37)34-16-18-40-20-19-39-17-12-8-7-11-15-33/h29-30H,2-27H2,1H3,(H,34,37)(H,35,38). The fourth-order valence-corrected chi connectivity index (χ4v) is 5.11. The third-order valence-electron chi connectivity index (χ3n) is 7.29. The molecule has 0 radical (unpaired) electrons. The van der Waals surface area contributed by atoms with Crippen LogP contribution in [-0.2, 0) is 38.0 Å².